The molecule has 0 heterocycles. The van der Waals surface area contributed by atoms with Crippen LogP contribution in [0.5, 0.6) is 5.75 Å². The van der Waals surface area contributed by atoms with Crippen LogP contribution >= 0.6 is 7.14 Å². The van der Waals surface area contributed by atoms with Gasteiger partial charge in [0.2, 0.25) is 0 Å². The van der Waals surface area contributed by atoms with E-state index in [1.54, 1.807) is 13.3 Å². The minimum Gasteiger partial charge on any atom is -0.494 e. The van der Waals surface area contributed by atoms with Crippen LogP contribution in [0.25, 0.3) is 0 Å². The summed E-state index contributed by atoms with van der Waals surface area (Å²) in [6.45, 7) is 4.39. The maximum absolute atomic E-state index is 12.1. The van der Waals surface area contributed by atoms with E-state index in [0.29, 0.717) is 0 Å². The lowest BCUT2D eigenvalue weighted by Gasteiger charge is -2.15. The third kappa shape index (κ3) is 4.98. The standard InChI is InChI=1S/C17H27O2P/c1-20(2,18)17-11-7-10-16(14-17)19-13-12-15-8-5-3-4-6-9-15/h7,10-11,14-15H,3-6,8-9,12-13H2,1-2H3. The van der Waals surface area contributed by atoms with E-state index in [1.807, 2.05) is 24.3 Å². The predicted molar refractivity (Wildman–Crippen MR) is 86.8 cm³/mol. The highest BCUT2D eigenvalue weighted by atomic mass is 31.2. The number of benzene rings is 1. The molecule has 0 N–H and O–H groups in total. The largest absolute Gasteiger partial charge is 0.494 e. The summed E-state index contributed by atoms with van der Waals surface area (Å²) in [5.74, 6) is 1.70. The molecule has 3 heteroatoms. The third-order valence-corrected chi connectivity index (χ3v) is 5.73. The van der Waals surface area contributed by atoms with Gasteiger partial charge in [-0.3, -0.25) is 0 Å². The van der Waals surface area contributed by atoms with Gasteiger partial charge < -0.3 is 9.30 Å². The molecule has 1 aromatic carbocycles. The van der Waals surface area contributed by atoms with E-state index in [2.05, 4.69) is 0 Å². The molecule has 0 unspecified atom stereocenters. The van der Waals surface area contributed by atoms with Gasteiger partial charge in [0, 0.05) is 5.30 Å². The van der Waals surface area contributed by atoms with Crippen LogP contribution in [0.2, 0.25) is 0 Å². The first-order valence-electron chi connectivity index (χ1n) is 7.84. The van der Waals surface area contributed by atoms with Gasteiger partial charge >= 0.3 is 0 Å². The van der Waals surface area contributed by atoms with E-state index >= 15 is 0 Å². The maximum Gasteiger partial charge on any atom is 0.120 e. The molecule has 2 nitrogen and oxygen atoms in total. The molecule has 112 valence electrons. The minimum atomic E-state index is -2.19. The summed E-state index contributed by atoms with van der Waals surface area (Å²) in [4.78, 5) is 0. The van der Waals surface area contributed by atoms with Crippen LogP contribution in [0.15, 0.2) is 24.3 Å². The van der Waals surface area contributed by atoms with Crippen LogP contribution < -0.4 is 10.0 Å². The van der Waals surface area contributed by atoms with Crippen molar-refractivity contribution in [2.75, 3.05) is 19.9 Å². The first-order valence-corrected chi connectivity index (χ1v) is 10.4. The smallest absolute Gasteiger partial charge is 0.120 e. The van der Waals surface area contributed by atoms with Gasteiger partial charge in [-0.1, -0.05) is 50.7 Å². The maximum atomic E-state index is 12.1. The second kappa shape index (κ2) is 7.31. The van der Waals surface area contributed by atoms with Gasteiger partial charge in [0.05, 0.1) is 6.61 Å². The lowest BCUT2D eigenvalue weighted by atomic mass is 9.97. The van der Waals surface area contributed by atoms with Crippen molar-refractivity contribution in [2.24, 2.45) is 5.92 Å². The molecule has 0 saturated heterocycles. The Hall–Kier alpha value is -0.750. The minimum absolute atomic E-state index is 0.784. The molecule has 2 rings (SSSR count). The Labute approximate surface area is 123 Å². The van der Waals surface area contributed by atoms with Crippen molar-refractivity contribution in [3.8, 4) is 5.75 Å². The van der Waals surface area contributed by atoms with E-state index in [1.165, 1.54) is 38.5 Å². The monoisotopic (exact) mass is 294 g/mol. The average Bonchev–Trinajstić information content (AvgIpc) is 2.67. The fourth-order valence-corrected chi connectivity index (χ4v) is 3.79. The molecule has 0 bridgehead atoms. The van der Waals surface area contributed by atoms with Gasteiger partial charge in [-0.2, -0.15) is 0 Å². The summed E-state index contributed by atoms with van der Waals surface area (Å²) in [5.41, 5.74) is 0. The normalized spacial score (nSPS) is 17.7. The molecule has 1 saturated carbocycles. The van der Waals surface area contributed by atoms with Gasteiger partial charge in [0.25, 0.3) is 0 Å². The molecule has 0 amide bonds. The third-order valence-electron chi connectivity index (χ3n) is 4.21. The lowest BCUT2D eigenvalue weighted by Crippen LogP contribution is -2.08. The number of hydrogen-bond donors (Lipinski definition) is 0. The zero-order chi connectivity index (χ0) is 14.4. The zero-order valence-electron chi connectivity index (χ0n) is 12.8. The Morgan fingerprint density at radius 2 is 1.85 bits per heavy atom. The highest BCUT2D eigenvalue weighted by Gasteiger charge is 2.13. The number of rotatable bonds is 5. The van der Waals surface area contributed by atoms with Gasteiger partial charge in [0.15, 0.2) is 0 Å². The van der Waals surface area contributed by atoms with Gasteiger partial charge in [-0.25, -0.2) is 0 Å². The van der Waals surface area contributed by atoms with Gasteiger partial charge in [-0.05, 0) is 37.8 Å². The van der Waals surface area contributed by atoms with Crippen molar-refractivity contribution in [1.82, 2.24) is 0 Å². The Kier molecular flexibility index (Phi) is 5.72. The molecular formula is C17H27O2P. The molecule has 0 aromatic heterocycles. The van der Waals surface area contributed by atoms with E-state index in [4.69, 9.17) is 4.74 Å². The zero-order valence-corrected chi connectivity index (χ0v) is 13.7. The summed E-state index contributed by atoms with van der Waals surface area (Å²) in [7, 11) is -2.19. The first kappa shape index (κ1) is 15.6. The predicted octanol–water partition coefficient (Wildman–Crippen LogP) is 4.67. The van der Waals surface area contributed by atoms with Crippen molar-refractivity contribution >= 4 is 12.4 Å². The van der Waals surface area contributed by atoms with Crippen LogP contribution in [0, 0.1) is 5.92 Å². The van der Waals surface area contributed by atoms with Crippen molar-refractivity contribution in [1.29, 1.82) is 0 Å². The van der Waals surface area contributed by atoms with Crippen molar-refractivity contribution in [2.45, 2.75) is 44.9 Å². The quantitative estimate of drug-likeness (QED) is 0.582. The molecule has 1 aliphatic carbocycles. The molecule has 20 heavy (non-hydrogen) atoms. The molecule has 0 atom stereocenters. The van der Waals surface area contributed by atoms with Crippen molar-refractivity contribution in [3.63, 3.8) is 0 Å². The summed E-state index contributed by atoms with van der Waals surface area (Å²) in [6, 6.07) is 7.77. The molecule has 0 spiro atoms. The molecule has 1 aromatic rings. The van der Waals surface area contributed by atoms with E-state index in [-0.39, 0.29) is 0 Å². The fraction of sp³-hybridized carbons (Fsp3) is 0.647. The second-order valence-corrected chi connectivity index (χ2v) is 9.56. The Morgan fingerprint density at radius 1 is 1.15 bits per heavy atom. The average molecular weight is 294 g/mol. The van der Waals surface area contributed by atoms with E-state index in [9.17, 15) is 4.57 Å². The number of ether oxygens (including phenoxy) is 1. The van der Waals surface area contributed by atoms with Crippen LogP contribution in [0.3, 0.4) is 0 Å². The topological polar surface area (TPSA) is 26.3 Å². The van der Waals surface area contributed by atoms with Crippen LogP contribution in [-0.2, 0) is 4.57 Å². The SMILES string of the molecule is CP(C)(=O)c1cccc(OCCC2CCCCCC2)c1. The van der Waals surface area contributed by atoms with Gasteiger partial charge in [-0.15, -0.1) is 0 Å². The van der Waals surface area contributed by atoms with Crippen LogP contribution in [0.4, 0.5) is 0 Å². The van der Waals surface area contributed by atoms with Gasteiger partial charge in [0.1, 0.15) is 12.9 Å². The summed E-state index contributed by atoms with van der Waals surface area (Å²) in [5, 5.41) is 0.907. The Balaban J connectivity index is 1.83. The number of hydrogen-bond acceptors (Lipinski definition) is 2. The summed E-state index contributed by atoms with van der Waals surface area (Å²) < 4.78 is 17.9. The first-order chi connectivity index (χ1) is 9.55. The Morgan fingerprint density at radius 3 is 2.50 bits per heavy atom. The highest BCUT2D eigenvalue weighted by Crippen LogP contribution is 2.35. The fourth-order valence-electron chi connectivity index (χ4n) is 2.90. The molecule has 0 radical (unpaired) electrons. The van der Waals surface area contributed by atoms with Crippen molar-refractivity contribution in [3.05, 3.63) is 24.3 Å². The molecular weight excluding hydrogens is 267 g/mol. The molecule has 1 aliphatic rings. The van der Waals surface area contributed by atoms with Crippen molar-refractivity contribution < 1.29 is 9.30 Å². The summed E-state index contributed by atoms with van der Waals surface area (Å²) in [6.07, 6.45) is 9.46. The second-order valence-electron chi connectivity index (χ2n) is 6.34. The highest BCUT2D eigenvalue weighted by molar-refractivity contribution is 7.70. The van der Waals surface area contributed by atoms with E-state index in [0.717, 1.165) is 30.0 Å². The van der Waals surface area contributed by atoms with Crippen LogP contribution in [-0.4, -0.2) is 19.9 Å². The molecule has 0 aliphatic heterocycles. The molecule has 1 fully saturated rings. The lowest BCUT2D eigenvalue weighted by molar-refractivity contribution is 0.267. The summed E-state index contributed by atoms with van der Waals surface area (Å²) >= 11 is 0. The van der Waals surface area contributed by atoms with Crippen LogP contribution in [0.1, 0.15) is 44.9 Å². The Bertz CT molecular complexity index is 456. The van der Waals surface area contributed by atoms with E-state index < -0.39 is 7.14 Å².